The van der Waals surface area contributed by atoms with Crippen molar-refractivity contribution < 1.29 is 9.59 Å². The molecule has 0 saturated heterocycles. The fourth-order valence-electron chi connectivity index (χ4n) is 1.95. The number of likely N-dealkylation sites (N-methyl/N-ethyl adjacent to an activating group) is 1. The highest BCUT2D eigenvalue weighted by molar-refractivity contribution is 5.97. The van der Waals surface area contributed by atoms with Crippen LogP contribution in [0.25, 0.3) is 0 Å². The first-order valence-corrected chi connectivity index (χ1v) is 7.31. The highest BCUT2D eigenvalue weighted by atomic mass is 16.2. The van der Waals surface area contributed by atoms with Crippen LogP contribution in [0, 0.1) is 0 Å². The molecular formula is C16H25N3O2. The molecule has 0 aliphatic carbocycles. The van der Waals surface area contributed by atoms with E-state index in [1.165, 1.54) is 0 Å². The predicted molar refractivity (Wildman–Crippen MR) is 84.6 cm³/mol. The van der Waals surface area contributed by atoms with Gasteiger partial charge in [0.15, 0.2) is 0 Å². The van der Waals surface area contributed by atoms with Crippen molar-refractivity contribution in [2.75, 3.05) is 40.3 Å². The molecule has 0 saturated carbocycles. The fourth-order valence-corrected chi connectivity index (χ4v) is 1.95. The highest BCUT2D eigenvalue weighted by Crippen LogP contribution is 2.08. The van der Waals surface area contributed by atoms with Crippen LogP contribution in [0.2, 0.25) is 0 Å². The minimum absolute atomic E-state index is 0.000402. The summed E-state index contributed by atoms with van der Waals surface area (Å²) in [6, 6.07) is 6.81. The molecule has 116 valence electrons. The molecule has 0 aromatic heterocycles. The Morgan fingerprint density at radius 1 is 1.00 bits per heavy atom. The maximum Gasteiger partial charge on any atom is 0.253 e. The average molecular weight is 291 g/mol. The van der Waals surface area contributed by atoms with Gasteiger partial charge in [0.1, 0.15) is 0 Å². The summed E-state index contributed by atoms with van der Waals surface area (Å²) < 4.78 is 0. The topological polar surface area (TPSA) is 52.7 Å². The number of hydrogen-bond donors (Lipinski definition) is 1. The first kappa shape index (κ1) is 17.2. The predicted octanol–water partition coefficient (Wildman–Crippen LogP) is 1.46. The van der Waals surface area contributed by atoms with Gasteiger partial charge < -0.3 is 15.1 Å². The van der Waals surface area contributed by atoms with Gasteiger partial charge in [0.25, 0.3) is 11.8 Å². The molecule has 1 aromatic rings. The van der Waals surface area contributed by atoms with E-state index in [4.69, 9.17) is 0 Å². The standard InChI is InChI=1S/C16H25N3O2/c1-5-19(6-2)16(21)14-9-7-13(8-10-14)15(20)17-11-12-18(3)4/h7-10H,5-6,11-12H2,1-4H3,(H,17,20). The number of benzene rings is 1. The Labute approximate surface area is 126 Å². The number of carbonyl (C=O) groups is 2. The summed E-state index contributed by atoms with van der Waals surface area (Å²) in [7, 11) is 3.92. The van der Waals surface area contributed by atoms with E-state index >= 15 is 0 Å². The van der Waals surface area contributed by atoms with Crippen LogP contribution in [0.15, 0.2) is 24.3 Å². The Bertz CT molecular complexity index is 465. The summed E-state index contributed by atoms with van der Waals surface area (Å²) in [5, 5.41) is 2.85. The van der Waals surface area contributed by atoms with Gasteiger partial charge in [-0.25, -0.2) is 0 Å². The Kier molecular flexibility index (Phi) is 6.88. The zero-order chi connectivity index (χ0) is 15.8. The van der Waals surface area contributed by atoms with Gasteiger partial charge in [-0.1, -0.05) is 0 Å². The van der Waals surface area contributed by atoms with E-state index in [1.807, 2.05) is 32.8 Å². The number of rotatable bonds is 7. The molecule has 0 unspecified atom stereocenters. The van der Waals surface area contributed by atoms with E-state index in [0.717, 1.165) is 6.54 Å². The molecule has 0 radical (unpaired) electrons. The Morgan fingerprint density at radius 2 is 1.52 bits per heavy atom. The Morgan fingerprint density at radius 3 is 2.00 bits per heavy atom. The van der Waals surface area contributed by atoms with E-state index < -0.39 is 0 Å². The van der Waals surface area contributed by atoms with Crippen LogP contribution >= 0.6 is 0 Å². The van der Waals surface area contributed by atoms with E-state index in [9.17, 15) is 9.59 Å². The van der Waals surface area contributed by atoms with Crippen molar-refractivity contribution in [1.82, 2.24) is 15.1 Å². The summed E-state index contributed by atoms with van der Waals surface area (Å²) in [5.41, 5.74) is 1.19. The minimum Gasteiger partial charge on any atom is -0.351 e. The number of hydrogen-bond acceptors (Lipinski definition) is 3. The van der Waals surface area contributed by atoms with Crippen molar-refractivity contribution in [3.8, 4) is 0 Å². The number of carbonyl (C=O) groups excluding carboxylic acids is 2. The highest BCUT2D eigenvalue weighted by Gasteiger charge is 2.13. The molecule has 2 amide bonds. The van der Waals surface area contributed by atoms with Gasteiger partial charge in [0, 0.05) is 37.3 Å². The lowest BCUT2D eigenvalue weighted by molar-refractivity contribution is 0.0772. The lowest BCUT2D eigenvalue weighted by Crippen LogP contribution is -2.32. The lowest BCUT2D eigenvalue weighted by Gasteiger charge is -2.18. The lowest BCUT2D eigenvalue weighted by atomic mass is 10.1. The zero-order valence-electron chi connectivity index (χ0n) is 13.3. The quantitative estimate of drug-likeness (QED) is 0.827. The molecular weight excluding hydrogens is 266 g/mol. The van der Waals surface area contributed by atoms with Gasteiger partial charge in [0.2, 0.25) is 0 Å². The van der Waals surface area contributed by atoms with Crippen LogP contribution in [-0.4, -0.2) is 61.9 Å². The second kappa shape index (κ2) is 8.42. The molecule has 0 aliphatic heterocycles. The van der Waals surface area contributed by atoms with E-state index in [1.54, 1.807) is 29.2 Å². The molecule has 0 atom stereocenters. The van der Waals surface area contributed by atoms with Gasteiger partial charge >= 0.3 is 0 Å². The number of amides is 2. The third-order valence-corrected chi connectivity index (χ3v) is 3.29. The van der Waals surface area contributed by atoms with E-state index in [-0.39, 0.29) is 11.8 Å². The zero-order valence-corrected chi connectivity index (χ0v) is 13.3. The normalized spacial score (nSPS) is 10.5. The fraction of sp³-hybridized carbons (Fsp3) is 0.500. The summed E-state index contributed by atoms with van der Waals surface area (Å²) >= 11 is 0. The first-order chi connectivity index (χ1) is 9.99. The van der Waals surface area contributed by atoms with E-state index in [0.29, 0.717) is 30.8 Å². The summed E-state index contributed by atoms with van der Waals surface area (Å²) in [5.74, 6) is -0.113. The molecule has 0 bridgehead atoms. The van der Waals surface area contributed by atoms with Gasteiger partial charge in [-0.2, -0.15) is 0 Å². The molecule has 0 aliphatic rings. The van der Waals surface area contributed by atoms with Crippen molar-refractivity contribution in [2.24, 2.45) is 0 Å². The van der Waals surface area contributed by atoms with Crippen LogP contribution in [0.3, 0.4) is 0 Å². The summed E-state index contributed by atoms with van der Waals surface area (Å²) in [6.07, 6.45) is 0. The van der Waals surface area contributed by atoms with Gasteiger partial charge in [0.05, 0.1) is 0 Å². The molecule has 1 rings (SSSR count). The smallest absolute Gasteiger partial charge is 0.253 e. The molecule has 5 heteroatoms. The van der Waals surface area contributed by atoms with Crippen LogP contribution in [0.1, 0.15) is 34.6 Å². The third kappa shape index (κ3) is 5.19. The van der Waals surface area contributed by atoms with Crippen LogP contribution < -0.4 is 5.32 Å². The van der Waals surface area contributed by atoms with Gasteiger partial charge in [-0.3, -0.25) is 9.59 Å². The maximum atomic E-state index is 12.2. The van der Waals surface area contributed by atoms with E-state index in [2.05, 4.69) is 5.32 Å². The Hall–Kier alpha value is -1.88. The molecule has 5 nitrogen and oxygen atoms in total. The third-order valence-electron chi connectivity index (χ3n) is 3.29. The van der Waals surface area contributed by atoms with Crippen LogP contribution in [0.5, 0.6) is 0 Å². The second-order valence-electron chi connectivity index (χ2n) is 5.11. The molecule has 1 N–H and O–H groups in total. The molecule has 0 heterocycles. The first-order valence-electron chi connectivity index (χ1n) is 7.31. The molecule has 0 spiro atoms. The van der Waals surface area contributed by atoms with Gasteiger partial charge in [-0.05, 0) is 52.2 Å². The Balaban J connectivity index is 2.65. The number of nitrogens with one attached hydrogen (secondary N) is 1. The maximum absolute atomic E-state index is 12.2. The van der Waals surface area contributed by atoms with Crippen LogP contribution in [0.4, 0.5) is 0 Å². The second-order valence-corrected chi connectivity index (χ2v) is 5.11. The summed E-state index contributed by atoms with van der Waals surface area (Å²) in [6.45, 7) is 6.67. The minimum atomic E-state index is -0.112. The van der Waals surface area contributed by atoms with Gasteiger partial charge in [-0.15, -0.1) is 0 Å². The monoisotopic (exact) mass is 291 g/mol. The largest absolute Gasteiger partial charge is 0.351 e. The average Bonchev–Trinajstić information content (AvgIpc) is 2.48. The molecule has 21 heavy (non-hydrogen) atoms. The van der Waals surface area contributed by atoms with Crippen molar-refractivity contribution >= 4 is 11.8 Å². The van der Waals surface area contributed by atoms with Crippen molar-refractivity contribution in [2.45, 2.75) is 13.8 Å². The molecule has 1 aromatic carbocycles. The SMILES string of the molecule is CCN(CC)C(=O)c1ccc(C(=O)NCCN(C)C)cc1. The summed E-state index contributed by atoms with van der Waals surface area (Å²) in [4.78, 5) is 27.8. The number of nitrogens with zero attached hydrogens (tertiary/aromatic N) is 2. The van der Waals surface area contributed by atoms with Crippen molar-refractivity contribution in [1.29, 1.82) is 0 Å². The van der Waals surface area contributed by atoms with Crippen molar-refractivity contribution in [3.63, 3.8) is 0 Å². The van der Waals surface area contributed by atoms with Crippen LogP contribution in [-0.2, 0) is 0 Å². The van der Waals surface area contributed by atoms with Crippen molar-refractivity contribution in [3.05, 3.63) is 35.4 Å². The molecule has 0 fully saturated rings.